The van der Waals surface area contributed by atoms with Crippen molar-refractivity contribution in [2.75, 3.05) is 0 Å². The molecule has 0 saturated heterocycles. The van der Waals surface area contributed by atoms with Crippen molar-refractivity contribution in [1.29, 1.82) is 0 Å². The van der Waals surface area contributed by atoms with E-state index in [0.717, 1.165) is 12.1 Å². The van der Waals surface area contributed by atoms with Crippen LogP contribution in [-0.4, -0.2) is 14.7 Å². The summed E-state index contributed by atoms with van der Waals surface area (Å²) in [5.74, 6) is 0. The van der Waals surface area contributed by atoms with Gasteiger partial charge in [0.2, 0.25) is 0 Å². The van der Waals surface area contributed by atoms with E-state index in [4.69, 9.17) is 12.2 Å². The smallest absolute Gasteiger partial charge is 0.177 e. The number of aromatic nitrogens is 2. The Bertz CT molecular complexity index is 557. The summed E-state index contributed by atoms with van der Waals surface area (Å²) in [7, 11) is 0. The number of aliphatic hydroxyl groups is 1. The molecule has 0 fully saturated rings. The summed E-state index contributed by atoms with van der Waals surface area (Å²) in [5, 5.41) is 9.25. The molecule has 0 aliphatic heterocycles. The molecule has 17 heavy (non-hydrogen) atoms. The first-order chi connectivity index (χ1) is 8.26. The van der Waals surface area contributed by atoms with Gasteiger partial charge in [-0.15, -0.1) is 0 Å². The van der Waals surface area contributed by atoms with Gasteiger partial charge in [-0.3, -0.25) is 0 Å². The lowest BCUT2D eigenvalue weighted by Gasteiger charge is -2.10. The van der Waals surface area contributed by atoms with Gasteiger partial charge in [-0.1, -0.05) is 31.2 Å². The summed E-state index contributed by atoms with van der Waals surface area (Å²) in [5.41, 5.74) is 3.39. The summed E-state index contributed by atoms with van der Waals surface area (Å²) in [6.45, 7) is 2.85. The van der Waals surface area contributed by atoms with Gasteiger partial charge in [-0.25, -0.2) is 0 Å². The van der Waals surface area contributed by atoms with Gasteiger partial charge in [0, 0.05) is 6.20 Å². The van der Waals surface area contributed by atoms with Crippen LogP contribution in [0.1, 0.15) is 23.7 Å². The van der Waals surface area contributed by atoms with Crippen molar-refractivity contribution >= 4 is 12.2 Å². The summed E-state index contributed by atoms with van der Waals surface area (Å²) >= 11 is 5.21. The first kappa shape index (κ1) is 12.1. The van der Waals surface area contributed by atoms with E-state index in [9.17, 15) is 5.11 Å². The number of aromatic amines is 1. The molecule has 90 valence electrons. The molecule has 4 heteroatoms. The van der Waals surface area contributed by atoms with E-state index in [1.807, 2.05) is 16.7 Å². The number of nitrogens with zero attached hydrogens (tertiary/aromatic N) is 1. The summed E-state index contributed by atoms with van der Waals surface area (Å²) in [6, 6.07) is 8.31. The van der Waals surface area contributed by atoms with Crippen LogP contribution in [0.25, 0.3) is 0 Å². The van der Waals surface area contributed by atoms with Gasteiger partial charge in [0.1, 0.15) is 0 Å². The minimum atomic E-state index is 0.00142. The van der Waals surface area contributed by atoms with Crippen LogP contribution in [-0.2, 0) is 19.6 Å². The molecule has 0 atom stereocenters. The highest BCUT2D eigenvalue weighted by molar-refractivity contribution is 7.71. The zero-order valence-corrected chi connectivity index (χ0v) is 10.6. The van der Waals surface area contributed by atoms with Crippen LogP contribution in [0.4, 0.5) is 0 Å². The Kier molecular flexibility index (Phi) is 3.76. The van der Waals surface area contributed by atoms with E-state index in [1.165, 1.54) is 11.1 Å². The molecule has 0 spiro atoms. The molecule has 2 rings (SSSR count). The van der Waals surface area contributed by atoms with Gasteiger partial charge in [-0.05, 0) is 29.8 Å². The third-order valence-electron chi connectivity index (χ3n) is 2.94. The molecule has 1 heterocycles. The summed E-state index contributed by atoms with van der Waals surface area (Å²) in [4.78, 5) is 2.96. The molecule has 1 aromatic carbocycles. The lowest BCUT2D eigenvalue weighted by Crippen LogP contribution is -2.06. The molecule has 0 aliphatic rings. The Morgan fingerprint density at radius 3 is 2.65 bits per heavy atom. The van der Waals surface area contributed by atoms with Gasteiger partial charge in [0.05, 0.1) is 18.8 Å². The maximum atomic E-state index is 9.25. The molecule has 0 aliphatic carbocycles. The predicted molar refractivity (Wildman–Crippen MR) is 70.5 cm³/mol. The highest BCUT2D eigenvalue weighted by atomic mass is 32.1. The quantitative estimate of drug-likeness (QED) is 0.817. The molecule has 0 bridgehead atoms. The number of aliphatic hydroxyl groups excluding tert-OH is 1. The second-order valence-electron chi connectivity index (χ2n) is 3.95. The van der Waals surface area contributed by atoms with Crippen molar-refractivity contribution < 1.29 is 5.11 Å². The Balaban J connectivity index is 2.37. The first-order valence-electron chi connectivity index (χ1n) is 5.71. The first-order valence-corrected chi connectivity index (χ1v) is 6.11. The molecule has 0 radical (unpaired) electrons. The summed E-state index contributed by atoms with van der Waals surface area (Å²) < 4.78 is 2.59. The Hall–Kier alpha value is -1.39. The van der Waals surface area contributed by atoms with Crippen LogP contribution in [0.2, 0.25) is 0 Å². The van der Waals surface area contributed by atoms with E-state index < -0.39 is 0 Å². The lowest BCUT2D eigenvalue weighted by molar-refractivity contribution is 0.271. The van der Waals surface area contributed by atoms with Gasteiger partial charge in [-0.2, -0.15) is 0 Å². The van der Waals surface area contributed by atoms with E-state index in [2.05, 4.69) is 24.0 Å². The Labute approximate surface area is 106 Å². The number of hydrogen-bond donors (Lipinski definition) is 2. The largest absolute Gasteiger partial charge is 0.390 e. The Morgan fingerprint density at radius 2 is 2.00 bits per heavy atom. The molecule has 0 saturated carbocycles. The zero-order valence-electron chi connectivity index (χ0n) is 9.81. The van der Waals surface area contributed by atoms with Crippen LogP contribution in [0.3, 0.4) is 0 Å². The second kappa shape index (κ2) is 5.29. The van der Waals surface area contributed by atoms with E-state index in [-0.39, 0.29) is 6.61 Å². The van der Waals surface area contributed by atoms with Crippen LogP contribution >= 0.6 is 12.2 Å². The predicted octanol–water partition coefficient (Wildman–Crippen LogP) is 2.65. The number of H-pyrrole nitrogens is 1. The molecule has 3 nitrogen and oxygen atoms in total. The van der Waals surface area contributed by atoms with Crippen LogP contribution in [0, 0.1) is 4.77 Å². The third kappa shape index (κ3) is 2.48. The zero-order chi connectivity index (χ0) is 12.3. The maximum Gasteiger partial charge on any atom is 0.177 e. The molecule has 2 N–H and O–H groups in total. The number of hydrogen-bond acceptors (Lipinski definition) is 2. The number of aryl methyl sites for hydroxylation is 1. The van der Waals surface area contributed by atoms with Crippen molar-refractivity contribution in [3.63, 3.8) is 0 Å². The highest BCUT2D eigenvalue weighted by Gasteiger charge is 2.06. The monoisotopic (exact) mass is 248 g/mol. The van der Waals surface area contributed by atoms with Crippen LogP contribution < -0.4 is 0 Å². The van der Waals surface area contributed by atoms with Crippen LogP contribution in [0.15, 0.2) is 30.5 Å². The SMILES string of the molecule is CCc1ccccc1Cn1c(CO)c[nH]c1=S. The molecule has 2 aromatic rings. The number of imidazole rings is 1. The van der Waals surface area contributed by atoms with E-state index in [1.54, 1.807) is 6.20 Å². The average Bonchev–Trinajstić information content (AvgIpc) is 2.71. The van der Waals surface area contributed by atoms with Gasteiger partial charge < -0.3 is 14.7 Å². The van der Waals surface area contributed by atoms with Crippen molar-refractivity contribution in [2.45, 2.75) is 26.5 Å². The van der Waals surface area contributed by atoms with Crippen molar-refractivity contribution in [3.8, 4) is 0 Å². The fraction of sp³-hybridized carbons (Fsp3) is 0.308. The van der Waals surface area contributed by atoms with E-state index in [0.29, 0.717) is 11.3 Å². The van der Waals surface area contributed by atoms with Gasteiger partial charge in [0.25, 0.3) is 0 Å². The molecule has 0 amide bonds. The third-order valence-corrected chi connectivity index (χ3v) is 3.28. The fourth-order valence-corrected chi connectivity index (χ4v) is 2.20. The topological polar surface area (TPSA) is 41.0 Å². The lowest BCUT2D eigenvalue weighted by atomic mass is 10.1. The standard InChI is InChI=1S/C13H16N2OS/c1-2-10-5-3-4-6-11(10)8-15-12(9-16)7-14-13(15)17/h3-7,16H,2,8-9H2,1H3,(H,14,17). The molecular weight excluding hydrogens is 232 g/mol. The maximum absolute atomic E-state index is 9.25. The van der Waals surface area contributed by atoms with Gasteiger partial charge in [0.15, 0.2) is 4.77 Å². The van der Waals surface area contributed by atoms with Crippen molar-refractivity contribution in [3.05, 3.63) is 52.1 Å². The Morgan fingerprint density at radius 1 is 1.29 bits per heavy atom. The molecular formula is C13H16N2OS. The highest BCUT2D eigenvalue weighted by Crippen LogP contribution is 2.13. The van der Waals surface area contributed by atoms with Crippen LogP contribution in [0.5, 0.6) is 0 Å². The minimum Gasteiger partial charge on any atom is -0.390 e. The number of rotatable bonds is 4. The average molecular weight is 248 g/mol. The minimum absolute atomic E-state index is 0.00142. The van der Waals surface area contributed by atoms with Gasteiger partial charge >= 0.3 is 0 Å². The fourth-order valence-electron chi connectivity index (χ4n) is 1.96. The number of benzene rings is 1. The summed E-state index contributed by atoms with van der Waals surface area (Å²) in [6.07, 6.45) is 2.76. The molecule has 1 aromatic heterocycles. The van der Waals surface area contributed by atoms with Crippen molar-refractivity contribution in [1.82, 2.24) is 9.55 Å². The normalized spacial score (nSPS) is 10.7. The van der Waals surface area contributed by atoms with E-state index >= 15 is 0 Å². The molecule has 0 unspecified atom stereocenters. The van der Waals surface area contributed by atoms with Crippen molar-refractivity contribution in [2.24, 2.45) is 0 Å². The number of nitrogens with one attached hydrogen (secondary N) is 1. The second-order valence-corrected chi connectivity index (χ2v) is 4.34.